The number of hydrogen-bond acceptors (Lipinski definition) is 1. The van der Waals surface area contributed by atoms with E-state index in [0.717, 1.165) is 27.4 Å². The highest BCUT2D eigenvalue weighted by Crippen LogP contribution is 2.35. The molecule has 1 aromatic heterocycles. The van der Waals surface area contributed by atoms with Crippen molar-refractivity contribution in [3.63, 3.8) is 0 Å². The third kappa shape index (κ3) is 1.91. The lowest BCUT2D eigenvalue weighted by atomic mass is 9.89. The Morgan fingerprint density at radius 2 is 2.22 bits per heavy atom. The maximum atomic E-state index is 12.6. The van der Waals surface area contributed by atoms with Crippen molar-refractivity contribution in [2.24, 2.45) is 11.8 Å². The van der Waals surface area contributed by atoms with Crippen molar-refractivity contribution in [3.05, 3.63) is 34.4 Å². The van der Waals surface area contributed by atoms with Crippen LogP contribution >= 0.6 is 15.9 Å². The topological polar surface area (TPSA) is 32.9 Å². The third-order valence-electron chi connectivity index (χ3n) is 4.11. The van der Waals surface area contributed by atoms with Crippen LogP contribution in [0.5, 0.6) is 0 Å². The Balaban J connectivity index is 2.03. The van der Waals surface area contributed by atoms with Crippen LogP contribution in [0.15, 0.2) is 28.9 Å². The van der Waals surface area contributed by atoms with Crippen LogP contribution in [0.1, 0.15) is 36.5 Å². The molecule has 0 spiro atoms. The molecular weight excluding hydrogens is 290 g/mol. The molecule has 3 heteroatoms. The van der Waals surface area contributed by atoms with Crippen LogP contribution in [-0.2, 0) is 0 Å². The molecule has 2 aromatic rings. The lowest BCUT2D eigenvalue weighted by Gasteiger charge is -2.13. The summed E-state index contributed by atoms with van der Waals surface area (Å²) in [7, 11) is 0. The van der Waals surface area contributed by atoms with Crippen molar-refractivity contribution < 1.29 is 4.79 Å². The lowest BCUT2D eigenvalue weighted by Crippen LogP contribution is -2.16. The molecule has 2 nitrogen and oxygen atoms in total. The second-order valence-corrected chi connectivity index (χ2v) is 6.19. The molecule has 3 rings (SSSR count). The fraction of sp³-hybridized carbons (Fsp3) is 0.400. The predicted octanol–water partition coefficient (Wildman–Crippen LogP) is 4.55. The van der Waals surface area contributed by atoms with Gasteiger partial charge >= 0.3 is 0 Å². The van der Waals surface area contributed by atoms with Crippen LogP contribution < -0.4 is 0 Å². The Hall–Kier alpha value is -1.09. The van der Waals surface area contributed by atoms with Crippen molar-refractivity contribution in [2.45, 2.75) is 26.2 Å². The van der Waals surface area contributed by atoms with Gasteiger partial charge in [0, 0.05) is 33.1 Å². The summed E-state index contributed by atoms with van der Waals surface area (Å²) >= 11 is 3.47. The van der Waals surface area contributed by atoms with Gasteiger partial charge in [-0.05, 0) is 37.0 Å². The molecule has 18 heavy (non-hydrogen) atoms. The smallest absolute Gasteiger partial charge is 0.168 e. The Kier molecular flexibility index (Phi) is 3.02. The number of carbonyl (C=O) groups is 1. The Morgan fingerprint density at radius 3 is 2.94 bits per heavy atom. The van der Waals surface area contributed by atoms with Crippen molar-refractivity contribution in [1.29, 1.82) is 0 Å². The van der Waals surface area contributed by atoms with Gasteiger partial charge in [0.1, 0.15) is 0 Å². The highest BCUT2D eigenvalue weighted by Gasteiger charge is 2.31. The fourth-order valence-corrected chi connectivity index (χ4v) is 3.39. The summed E-state index contributed by atoms with van der Waals surface area (Å²) in [6.07, 6.45) is 5.28. The number of ketones is 1. The molecule has 0 amide bonds. The molecule has 1 aromatic carbocycles. The molecule has 1 saturated carbocycles. The quantitative estimate of drug-likeness (QED) is 0.811. The monoisotopic (exact) mass is 305 g/mol. The summed E-state index contributed by atoms with van der Waals surface area (Å²) in [6, 6.07) is 6.03. The molecule has 1 aliphatic rings. The van der Waals surface area contributed by atoms with Crippen LogP contribution in [0.3, 0.4) is 0 Å². The number of Topliss-reactive ketones (excluding diaryl/α,β-unsaturated/α-hetero) is 1. The summed E-state index contributed by atoms with van der Waals surface area (Å²) in [6.45, 7) is 2.19. The van der Waals surface area contributed by atoms with Gasteiger partial charge in [0.25, 0.3) is 0 Å². The number of hydrogen-bond donors (Lipinski definition) is 1. The Morgan fingerprint density at radius 1 is 1.39 bits per heavy atom. The SMILES string of the molecule is CC1CCCC1C(=O)c1c[nH]c2ccc(Br)cc12. The fourth-order valence-electron chi connectivity index (χ4n) is 3.03. The molecule has 2 unspecified atom stereocenters. The summed E-state index contributed by atoms with van der Waals surface area (Å²) < 4.78 is 1.02. The van der Waals surface area contributed by atoms with E-state index in [2.05, 4.69) is 27.8 Å². The highest BCUT2D eigenvalue weighted by atomic mass is 79.9. The molecule has 1 fully saturated rings. The van der Waals surface area contributed by atoms with E-state index in [1.807, 2.05) is 24.4 Å². The maximum Gasteiger partial charge on any atom is 0.168 e. The molecule has 1 N–H and O–H groups in total. The summed E-state index contributed by atoms with van der Waals surface area (Å²) in [4.78, 5) is 15.8. The van der Waals surface area contributed by atoms with Gasteiger partial charge in [-0.25, -0.2) is 0 Å². The normalized spacial score (nSPS) is 23.7. The van der Waals surface area contributed by atoms with Crippen LogP contribution in [0.2, 0.25) is 0 Å². The minimum Gasteiger partial charge on any atom is -0.360 e. The van der Waals surface area contributed by atoms with E-state index in [4.69, 9.17) is 0 Å². The average molecular weight is 306 g/mol. The van der Waals surface area contributed by atoms with E-state index < -0.39 is 0 Å². The minimum atomic E-state index is 0.211. The van der Waals surface area contributed by atoms with Gasteiger partial charge in [-0.15, -0.1) is 0 Å². The minimum absolute atomic E-state index is 0.211. The number of rotatable bonds is 2. The van der Waals surface area contributed by atoms with Gasteiger partial charge in [-0.1, -0.05) is 29.3 Å². The number of fused-ring (bicyclic) bond motifs is 1. The number of benzene rings is 1. The van der Waals surface area contributed by atoms with E-state index in [1.54, 1.807) is 0 Å². The first-order valence-electron chi connectivity index (χ1n) is 6.47. The van der Waals surface area contributed by atoms with E-state index in [-0.39, 0.29) is 5.92 Å². The second kappa shape index (κ2) is 4.54. The molecule has 2 atom stereocenters. The molecule has 0 bridgehead atoms. The Bertz CT molecular complexity index is 602. The highest BCUT2D eigenvalue weighted by molar-refractivity contribution is 9.10. The summed E-state index contributed by atoms with van der Waals surface area (Å²) in [5.74, 6) is 1.04. The first-order valence-corrected chi connectivity index (χ1v) is 7.27. The molecule has 0 aliphatic heterocycles. The number of H-pyrrole nitrogens is 1. The van der Waals surface area contributed by atoms with Crippen LogP contribution in [0.25, 0.3) is 10.9 Å². The van der Waals surface area contributed by atoms with E-state index >= 15 is 0 Å². The molecular formula is C15H16BrNO. The van der Waals surface area contributed by atoms with Gasteiger partial charge < -0.3 is 4.98 Å². The molecule has 0 radical (unpaired) electrons. The van der Waals surface area contributed by atoms with Crippen LogP contribution in [0, 0.1) is 11.8 Å². The number of aromatic amines is 1. The second-order valence-electron chi connectivity index (χ2n) is 5.27. The number of carbonyl (C=O) groups excluding carboxylic acids is 1. The van der Waals surface area contributed by atoms with Gasteiger partial charge in [-0.2, -0.15) is 0 Å². The van der Waals surface area contributed by atoms with E-state index in [1.165, 1.54) is 12.8 Å². The molecule has 94 valence electrons. The lowest BCUT2D eigenvalue weighted by molar-refractivity contribution is 0.0899. The average Bonchev–Trinajstić information content (AvgIpc) is 2.94. The zero-order valence-electron chi connectivity index (χ0n) is 10.4. The van der Waals surface area contributed by atoms with Gasteiger partial charge in [0.15, 0.2) is 5.78 Å². The van der Waals surface area contributed by atoms with Crippen molar-refractivity contribution in [2.75, 3.05) is 0 Å². The molecule has 0 saturated heterocycles. The van der Waals surface area contributed by atoms with Crippen molar-refractivity contribution in [1.82, 2.24) is 4.98 Å². The first kappa shape index (κ1) is 12.0. The maximum absolute atomic E-state index is 12.6. The predicted molar refractivity (Wildman–Crippen MR) is 76.8 cm³/mol. The van der Waals surface area contributed by atoms with Gasteiger partial charge in [-0.3, -0.25) is 4.79 Å². The van der Waals surface area contributed by atoms with Crippen LogP contribution in [-0.4, -0.2) is 10.8 Å². The van der Waals surface area contributed by atoms with Gasteiger partial charge in [0.2, 0.25) is 0 Å². The van der Waals surface area contributed by atoms with Crippen LogP contribution in [0.4, 0.5) is 0 Å². The Labute approximate surface area is 115 Å². The number of nitrogens with one attached hydrogen (secondary N) is 1. The standard InChI is InChI=1S/C15H16BrNO/c1-9-3-2-4-11(9)15(18)13-8-17-14-6-5-10(16)7-12(13)14/h5-9,11,17H,2-4H2,1H3. The first-order chi connectivity index (χ1) is 8.66. The molecule has 1 aliphatic carbocycles. The van der Waals surface area contributed by atoms with E-state index in [9.17, 15) is 4.79 Å². The zero-order valence-corrected chi connectivity index (χ0v) is 12.0. The van der Waals surface area contributed by atoms with Crippen molar-refractivity contribution in [3.8, 4) is 0 Å². The largest absolute Gasteiger partial charge is 0.360 e. The van der Waals surface area contributed by atoms with Crippen molar-refractivity contribution >= 4 is 32.6 Å². The number of halogens is 1. The summed E-state index contributed by atoms with van der Waals surface area (Å²) in [5.41, 5.74) is 1.89. The third-order valence-corrected chi connectivity index (χ3v) is 4.60. The molecule has 1 heterocycles. The number of aromatic nitrogens is 1. The van der Waals surface area contributed by atoms with Gasteiger partial charge in [0.05, 0.1) is 0 Å². The summed E-state index contributed by atoms with van der Waals surface area (Å²) in [5, 5.41) is 1.04. The zero-order chi connectivity index (χ0) is 12.7. The van der Waals surface area contributed by atoms with E-state index in [0.29, 0.717) is 11.7 Å².